The van der Waals surface area contributed by atoms with Crippen LogP contribution in [0, 0.1) is 11.2 Å². The Morgan fingerprint density at radius 2 is 2.00 bits per heavy atom. The molecule has 0 radical (unpaired) electrons. The molecule has 0 bridgehead atoms. The lowest BCUT2D eigenvalue weighted by molar-refractivity contribution is 0.517. The Bertz CT molecular complexity index is 259. The fraction of sp³-hybridized carbons (Fsp3) is 0. The predicted octanol–water partition coefficient (Wildman–Crippen LogP) is 1.59. The molecule has 0 aliphatic carbocycles. The highest BCUT2D eigenvalue weighted by molar-refractivity contribution is 6.53. The second-order valence-electron chi connectivity index (χ2n) is 1.88. The van der Waals surface area contributed by atoms with E-state index in [1.165, 1.54) is 5.97 Å². The van der Waals surface area contributed by atoms with E-state index in [1.807, 2.05) is 0 Å². The van der Waals surface area contributed by atoms with Crippen molar-refractivity contribution in [3.63, 3.8) is 0 Å². The van der Waals surface area contributed by atoms with Crippen LogP contribution in [-0.2, 0) is 0 Å². The molecular formula is C7H5BFNO. The van der Waals surface area contributed by atoms with E-state index in [0.29, 0.717) is 5.75 Å². The first-order chi connectivity index (χ1) is 5.33. The number of benzene rings is 1. The summed E-state index contributed by atoms with van der Waals surface area (Å²) in [6, 6.07) is 8.37. The lowest BCUT2D eigenvalue weighted by atomic mass is 9.99. The van der Waals surface area contributed by atoms with Gasteiger partial charge < -0.3 is 4.65 Å². The van der Waals surface area contributed by atoms with E-state index in [0.717, 1.165) is 0 Å². The molecule has 0 atom stereocenters. The van der Waals surface area contributed by atoms with Crippen molar-refractivity contribution in [2.45, 2.75) is 0 Å². The Balaban J connectivity index is 2.60. The number of halogens is 1. The van der Waals surface area contributed by atoms with Crippen LogP contribution in [0.25, 0.3) is 0 Å². The molecule has 0 amide bonds. The molecule has 1 rings (SSSR count). The molecule has 1 aromatic rings. The highest BCUT2D eigenvalue weighted by Crippen LogP contribution is 2.09. The third-order valence-electron chi connectivity index (χ3n) is 1.08. The molecule has 11 heavy (non-hydrogen) atoms. The summed E-state index contributed by atoms with van der Waals surface area (Å²) in [4.78, 5) is 0. The van der Waals surface area contributed by atoms with Gasteiger partial charge in [0.1, 0.15) is 11.7 Å². The summed E-state index contributed by atoms with van der Waals surface area (Å²) >= 11 is 0. The van der Waals surface area contributed by atoms with Gasteiger partial charge in [0.2, 0.25) is 0 Å². The molecule has 0 unspecified atom stereocenters. The van der Waals surface area contributed by atoms with Crippen molar-refractivity contribution >= 4 is 7.19 Å². The molecule has 4 heteroatoms. The monoisotopic (exact) mass is 149 g/mol. The van der Waals surface area contributed by atoms with Crippen molar-refractivity contribution in [1.82, 2.24) is 0 Å². The fourth-order valence-corrected chi connectivity index (χ4v) is 0.645. The van der Waals surface area contributed by atoms with Crippen LogP contribution in [0.15, 0.2) is 30.3 Å². The van der Waals surface area contributed by atoms with Gasteiger partial charge in [-0.2, -0.15) is 0 Å². The van der Waals surface area contributed by atoms with E-state index >= 15 is 0 Å². The summed E-state index contributed by atoms with van der Waals surface area (Å²) in [6.45, 7) is 0. The molecule has 1 aromatic carbocycles. The van der Waals surface area contributed by atoms with Crippen molar-refractivity contribution in [2.75, 3.05) is 0 Å². The first-order valence-electron chi connectivity index (χ1n) is 3.08. The minimum Gasteiger partial charge on any atom is -0.521 e. The Morgan fingerprint density at radius 3 is 2.55 bits per heavy atom. The zero-order chi connectivity index (χ0) is 8.10. The Morgan fingerprint density at radius 1 is 1.36 bits per heavy atom. The van der Waals surface area contributed by atoms with Gasteiger partial charge in [-0.1, -0.05) is 18.2 Å². The van der Waals surface area contributed by atoms with Gasteiger partial charge in [0.05, 0.1) is 0 Å². The van der Waals surface area contributed by atoms with Crippen LogP contribution >= 0.6 is 0 Å². The maximum Gasteiger partial charge on any atom is 0.687 e. The molecule has 0 saturated heterocycles. The van der Waals surface area contributed by atoms with Crippen molar-refractivity contribution < 1.29 is 8.97 Å². The largest absolute Gasteiger partial charge is 0.687 e. The second kappa shape index (κ2) is 3.62. The normalized spacial score (nSPS) is 8.36. The molecule has 2 nitrogen and oxygen atoms in total. The van der Waals surface area contributed by atoms with Crippen LogP contribution in [0.3, 0.4) is 0 Å². The van der Waals surface area contributed by atoms with Gasteiger partial charge in [-0.25, -0.2) is 5.26 Å². The molecule has 0 aliphatic rings. The number of nitrogens with zero attached hydrogens (tertiary/aromatic N) is 1. The number of rotatable bonds is 2. The lowest BCUT2D eigenvalue weighted by Gasteiger charge is -2.00. The summed E-state index contributed by atoms with van der Waals surface area (Å²) < 4.78 is 16.8. The van der Waals surface area contributed by atoms with E-state index in [-0.39, 0.29) is 0 Å². The smallest absolute Gasteiger partial charge is 0.521 e. The maximum absolute atomic E-state index is 12.2. The minimum atomic E-state index is -1.88. The van der Waals surface area contributed by atoms with E-state index in [9.17, 15) is 4.32 Å². The molecule has 0 saturated carbocycles. The second-order valence-corrected chi connectivity index (χ2v) is 1.88. The van der Waals surface area contributed by atoms with Crippen molar-refractivity contribution in [2.24, 2.45) is 0 Å². The molecule has 0 fully saturated rings. The van der Waals surface area contributed by atoms with Gasteiger partial charge in [-0.3, -0.25) is 4.32 Å². The molecule has 0 N–H and O–H groups in total. The average Bonchev–Trinajstić information content (AvgIpc) is 2.06. The first kappa shape index (κ1) is 7.61. The molecule has 0 spiro atoms. The zero-order valence-corrected chi connectivity index (χ0v) is 5.70. The van der Waals surface area contributed by atoms with Gasteiger partial charge in [-0.05, 0) is 12.1 Å². The van der Waals surface area contributed by atoms with Crippen LogP contribution in [0.4, 0.5) is 4.32 Å². The molecule has 0 heterocycles. The Kier molecular flexibility index (Phi) is 2.50. The Labute approximate surface area is 64.4 Å². The van der Waals surface area contributed by atoms with E-state index in [2.05, 4.69) is 4.65 Å². The molecule has 0 aromatic heterocycles. The van der Waals surface area contributed by atoms with Crippen LogP contribution in [0.1, 0.15) is 0 Å². The standard InChI is InChI=1S/C7H5BFNO/c9-8(6-10)11-7-4-2-1-3-5-7/h1-5H. The maximum atomic E-state index is 12.2. The summed E-state index contributed by atoms with van der Waals surface area (Å²) in [5.74, 6) is 1.69. The summed E-state index contributed by atoms with van der Waals surface area (Å²) in [5.41, 5.74) is 0. The molecular weight excluding hydrogens is 144 g/mol. The van der Waals surface area contributed by atoms with E-state index in [1.54, 1.807) is 30.3 Å². The van der Waals surface area contributed by atoms with Crippen LogP contribution in [0.2, 0.25) is 0 Å². The van der Waals surface area contributed by atoms with Crippen LogP contribution in [-0.4, -0.2) is 7.19 Å². The number of para-hydroxylation sites is 1. The highest BCUT2D eigenvalue weighted by atomic mass is 19.1. The van der Waals surface area contributed by atoms with Gasteiger partial charge in [0.25, 0.3) is 0 Å². The first-order valence-corrected chi connectivity index (χ1v) is 3.08. The lowest BCUT2D eigenvalue weighted by Crippen LogP contribution is -2.12. The number of hydrogen-bond donors (Lipinski definition) is 0. The Hall–Kier alpha value is -1.50. The third kappa shape index (κ3) is 2.30. The van der Waals surface area contributed by atoms with Crippen molar-refractivity contribution in [3.05, 3.63) is 30.3 Å². The van der Waals surface area contributed by atoms with Gasteiger partial charge >= 0.3 is 7.19 Å². The van der Waals surface area contributed by atoms with E-state index in [4.69, 9.17) is 5.26 Å². The molecule has 54 valence electrons. The van der Waals surface area contributed by atoms with Crippen LogP contribution < -0.4 is 4.65 Å². The quantitative estimate of drug-likeness (QED) is 0.598. The minimum absolute atomic E-state index is 0.363. The van der Waals surface area contributed by atoms with Gasteiger partial charge in [0.15, 0.2) is 0 Å². The summed E-state index contributed by atoms with van der Waals surface area (Å²) in [6.07, 6.45) is 0. The fourth-order valence-electron chi connectivity index (χ4n) is 0.645. The summed E-state index contributed by atoms with van der Waals surface area (Å²) in [5, 5.41) is 8.05. The number of hydrogen-bond acceptors (Lipinski definition) is 2. The number of nitriles is 1. The summed E-state index contributed by atoms with van der Waals surface area (Å²) in [7, 11) is -1.88. The SMILES string of the molecule is N#CB(F)Oc1ccccc1. The zero-order valence-electron chi connectivity index (χ0n) is 5.70. The highest BCUT2D eigenvalue weighted by Gasteiger charge is 2.16. The van der Waals surface area contributed by atoms with Gasteiger partial charge in [0, 0.05) is 0 Å². The van der Waals surface area contributed by atoms with E-state index < -0.39 is 7.19 Å². The predicted molar refractivity (Wildman–Crippen MR) is 39.5 cm³/mol. The van der Waals surface area contributed by atoms with Crippen molar-refractivity contribution in [3.8, 4) is 11.7 Å². The third-order valence-corrected chi connectivity index (χ3v) is 1.08. The topological polar surface area (TPSA) is 33.0 Å². The van der Waals surface area contributed by atoms with Crippen LogP contribution in [0.5, 0.6) is 5.75 Å². The van der Waals surface area contributed by atoms with Gasteiger partial charge in [-0.15, -0.1) is 0 Å². The average molecular weight is 149 g/mol. The molecule has 0 aliphatic heterocycles. The van der Waals surface area contributed by atoms with Crippen molar-refractivity contribution in [1.29, 1.82) is 5.26 Å².